The van der Waals surface area contributed by atoms with Gasteiger partial charge in [0.05, 0.1) is 30.0 Å². The number of carboxylic acid groups (broad SMARTS) is 1. The lowest BCUT2D eigenvalue weighted by atomic mass is 9.83. The van der Waals surface area contributed by atoms with Gasteiger partial charge in [0, 0.05) is 17.9 Å². The van der Waals surface area contributed by atoms with Crippen LogP contribution < -0.4 is 0 Å². The van der Waals surface area contributed by atoms with Crippen molar-refractivity contribution in [2.75, 3.05) is 0 Å². The Labute approximate surface area is 198 Å². The van der Waals surface area contributed by atoms with Gasteiger partial charge in [-0.25, -0.2) is 9.07 Å². The Morgan fingerprint density at radius 2 is 1.88 bits per heavy atom. The number of para-hydroxylation sites is 1. The zero-order valence-corrected chi connectivity index (χ0v) is 18.8. The fourth-order valence-electron chi connectivity index (χ4n) is 4.65. The normalized spacial score (nSPS) is 17.4. The van der Waals surface area contributed by atoms with Crippen LogP contribution in [0.4, 0.5) is 4.39 Å². The van der Waals surface area contributed by atoms with E-state index in [1.54, 1.807) is 29.0 Å². The summed E-state index contributed by atoms with van der Waals surface area (Å²) in [6, 6.07) is 16.7. The van der Waals surface area contributed by atoms with Crippen molar-refractivity contribution >= 4 is 12.0 Å². The van der Waals surface area contributed by atoms with E-state index in [2.05, 4.69) is 12.1 Å². The minimum atomic E-state index is -1.15. The van der Waals surface area contributed by atoms with Gasteiger partial charge in [-0.3, -0.25) is 4.79 Å². The Bertz CT molecular complexity index is 1160. The molecule has 3 unspecified atom stereocenters. The number of carboxylic acids is 1. The number of carbonyl (C=O) groups is 1. The molecule has 0 aliphatic heterocycles. The molecule has 0 fully saturated rings. The van der Waals surface area contributed by atoms with E-state index in [9.17, 15) is 19.4 Å². The van der Waals surface area contributed by atoms with E-state index in [1.165, 1.54) is 17.7 Å². The average molecular weight is 465 g/mol. The number of hydrogen-bond acceptors (Lipinski definition) is 4. The lowest BCUT2D eigenvalue weighted by Gasteiger charge is -2.21. The molecule has 3 N–H and O–H groups in total. The number of nitrogens with zero attached hydrogens (tertiary/aromatic N) is 2. The number of hydrogen-bond donors (Lipinski definition) is 3. The summed E-state index contributed by atoms with van der Waals surface area (Å²) in [5.41, 5.74) is 4.23. The number of fused-ring (bicyclic) bond motifs is 1. The second-order valence-corrected chi connectivity index (χ2v) is 8.80. The highest BCUT2D eigenvalue weighted by atomic mass is 19.1. The summed E-state index contributed by atoms with van der Waals surface area (Å²) < 4.78 is 16.3. The molecule has 3 atom stereocenters. The Hall–Kier alpha value is -3.29. The first-order chi connectivity index (χ1) is 16.4. The fraction of sp³-hybridized carbons (Fsp3) is 0.333. The van der Waals surface area contributed by atoms with E-state index >= 15 is 0 Å². The summed E-state index contributed by atoms with van der Waals surface area (Å²) in [5.74, 6) is -1.32. The fourth-order valence-corrected chi connectivity index (χ4v) is 4.65. The van der Waals surface area contributed by atoms with Gasteiger partial charge in [-0.1, -0.05) is 48.5 Å². The molecule has 1 aliphatic carbocycles. The van der Waals surface area contributed by atoms with Gasteiger partial charge in [0.25, 0.3) is 0 Å². The number of aliphatic carboxylic acids is 1. The van der Waals surface area contributed by atoms with E-state index in [1.807, 2.05) is 18.2 Å². The molecular formula is C27H29FN2O4. The van der Waals surface area contributed by atoms with E-state index in [0.29, 0.717) is 11.4 Å². The third-order valence-electron chi connectivity index (χ3n) is 6.23. The largest absolute Gasteiger partial charge is 0.481 e. The molecule has 7 heteroatoms. The zero-order valence-electron chi connectivity index (χ0n) is 18.8. The lowest BCUT2D eigenvalue weighted by Crippen LogP contribution is -2.19. The van der Waals surface area contributed by atoms with Gasteiger partial charge in [0.2, 0.25) is 0 Å². The van der Waals surface area contributed by atoms with Gasteiger partial charge < -0.3 is 15.3 Å². The lowest BCUT2D eigenvalue weighted by molar-refractivity contribution is -0.139. The van der Waals surface area contributed by atoms with Crippen LogP contribution in [0, 0.1) is 5.82 Å². The summed E-state index contributed by atoms with van der Waals surface area (Å²) in [5, 5.41) is 33.9. The molecular weight excluding hydrogens is 435 g/mol. The first-order valence-corrected chi connectivity index (χ1v) is 11.6. The molecule has 0 amide bonds. The molecule has 3 aromatic rings. The standard InChI is InChI=1S/C27H29FN2O4/c28-23-11-4-5-12-25(23)30-24(14-13-20(31)16-21(32)17-26(33)34)22-10-6-9-19(27(22)29-30)15-18-7-2-1-3-8-18/h1-5,7-8,11-14,19-21,31-32H,6,9-10,15-17H2,(H,33,34). The molecule has 178 valence electrons. The number of aliphatic hydroxyl groups is 2. The smallest absolute Gasteiger partial charge is 0.305 e. The third-order valence-corrected chi connectivity index (χ3v) is 6.23. The molecule has 1 heterocycles. The van der Waals surface area contributed by atoms with E-state index < -0.39 is 30.4 Å². The second-order valence-electron chi connectivity index (χ2n) is 8.80. The predicted octanol–water partition coefficient (Wildman–Crippen LogP) is 4.27. The molecule has 4 rings (SSSR count). The van der Waals surface area contributed by atoms with Crippen molar-refractivity contribution in [3.8, 4) is 5.69 Å². The van der Waals surface area contributed by atoms with Crippen LogP contribution in [0.3, 0.4) is 0 Å². The molecule has 1 aliphatic rings. The van der Waals surface area contributed by atoms with Crippen LogP contribution in [0.2, 0.25) is 0 Å². The van der Waals surface area contributed by atoms with Crippen LogP contribution in [-0.2, 0) is 17.6 Å². The molecule has 0 saturated heterocycles. The maximum atomic E-state index is 14.7. The molecule has 0 spiro atoms. The van der Waals surface area contributed by atoms with Crippen molar-refractivity contribution in [3.05, 3.63) is 89.0 Å². The Morgan fingerprint density at radius 3 is 2.62 bits per heavy atom. The topological polar surface area (TPSA) is 95.6 Å². The summed E-state index contributed by atoms with van der Waals surface area (Å²) in [4.78, 5) is 10.8. The maximum Gasteiger partial charge on any atom is 0.305 e. The molecule has 34 heavy (non-hydrogen) atoms. The molecule has 0 saturated carbocycles. The van der Waals surface area contributed by atoms with Gasteiger partial charge in [0.1, 0.15) is 11.5 Å². The van der Waals surface area contributed by atoms with Gasteiger partial charge in [-0.15, -0.1) is 0 Å². The van der Waals surface area contributed by atoms with Crippen LogP contribution in [0.25, 0.3) is 11.8 Å². The summed E-state index contributed by atoms with van der Waals surface area (Å²) >= 11 is 0. The van der Waals surface area contributed by atoms with E-state index in [-0.39, 0.29) is 12.3 Å². The van der Waals surface area contributed by atoms with Crippen LogP contribution >= 0.6 is 0 Å². The summed E-state index contributed by atoms with van der Waals surface area (Å²) in [7, 11) is 0. The average Bonchev–Trinajstić information content (AvgIpc) is 3.17. The summed E-state index contributed by atoms with van der Waals surface area (Å²) in [6.45, 7) is 0. The van der Waals surface area contributed by atoms with Crippen LogP contribution in [0.15, 0.2) is 60.7 Å². The predicted molar refractivity (Wildman–Crippen MR) is 127 cm³/mol. The first-order valence-electron chi connectivity index (χ1n) is 11.6. The van der Waals surface area contributed by atoms with E-state index in [4.69, 9.17) is 10.2 Å². The number of rotatable bonds is 9. The molecule has 2 aromatic carbocycles. The minimum Gasteiger partial charge on any atom is -0.481 e. The molecule has 1 aromatic heterocycles. The van der Waals surface area contributed by atoms with Crippen molar-refractivity contribution in [1.29, 1.82) is 0 Å². The van der Waals surface area contributed by atoms with Crippen LogP contribution in [0.5, 0.6) is 0 Å². The number of halogens is 1. The number of aromatic nitrogens is 2. The van der Waals surface area contributed by atoms with Gasteiger partial charge in [0.15, 0.2) is 0 Å². The second kappa shape index (κ2) is 10.8. The van der Waals surface area contributed by atoms with Crippen molar-refractivity contribution in [3.63, 3.8) is 0 Å². The van der Waals surface area contributed by atoms with Crippen molar-refractivity contribution in [2.24, 2.45) is 0 Å². The SMILES string of the molecule is O=C(O)CC(O)CC(O)C=Cc1c2c(nn1-c1ccccc1F)C(Cc1ccccc1)CCC2. The van der Waals surface area contributed by atoms with Crippen LogP contribution in [0.1, 0.15) is 54.1 Å². The Kier molecular flexibility index (Phi) is 7.55. The number of aliphatic hydroxyl groups excluding tert-OH is 2. The maximum absolute atomic E-state index is 14.7. The van der Waals surface area contributed by atoms with Crippen LogP contribution in [-0.4, -0.2) is 43.3 Å². The number of benzene rings is 2. The molecule has 6 nitrogen and oxygen atoms in total. The molecule has 0 bridgehead atoms. The third kappa shape index (κ3) is 5.61. The quantitative estimate of drug-likeness (QED) is 0.440. The minimum absolute atomic E-state index is 0.102. The van der Waals surface area contributed by atoms with Crippen molar-refractivity contribution in [1.82, 2.24) is 9.78 Å². The van der Waals surface area contributed by atoms with Gasteiger partial charge >= 0.3 is 5.97 Å². The van der Waals surface area contributed by atoms with Crippen molar-refractivity contribution < 1.29 is 24.5 Å². The first kappa shape index (κ1) is 23.9. The Balaban J connectivity index is 1.68. The highest BCUT2D eigenvalue weighted by Gasteiger charge is 2.28. The highest BCUT2D eigenvalue weighted by Crippen LogP contribution is 2.37. The molecule has 0 radical (unpaired) electrons. The highest BCUT2D eigenvalue weighted by molar-refractivity contribution is 5.67. The summed E-state index contributed by atoms with van der Waals surface area (Å²) in [6.07, 6.45) is 4.10. The van der Waals surface area contributed by atoms with Crippen molar-refractivity contribution in [2.45, 2.75) is 56.7 Å². The van der Waals surface area contributed by atoms with E-state index in [0.717, 1.165) is 36.9 Å². The monoisotopic (exact) mass is 464 g/mol. The zero-order chi connectivity index (χ0) is 24.1. The Morgan fingerprint density at radius 1 is 1.15 bits per heavy atom. The van der Waals surface area contributed by atoms with Gasteiger partial charge in [-0.05, 0) is 49.5 Å². The van der Waals surface area contributed by atoms with Gasteiger partial charge in [-0.2, -0.15) is 5.10 Å².